The number of ether oxygens (including phenoxy) is 3. The van der Waals surface area contributed by atoms with Crippen molar-refractivity contribution < 1.29 is 19.0 Å². The van der Waals surface area contributed by atoms with E-state index >= 15 is 0 Å². The summed E-state index contributed by atoms with van der Waals surface area (Å²) in [5, 5.41) is 0. The van der Waals surface area contributed by atoms with E-state index < -0.39 is 0 Å². The Labute approximate surface area is 140 Å². The molecule has 3 rings (SSSR count). The van der Waals surface area contributed by atoms with Gasteiger partial charge in [0.2, 0.25) is 6.79 Å². The number of rotatable bonds is 5. The lowest BCUT2D eigenvalue weighted by Crippen LogP contribution is -2.07. The Kier molecular flexibility index (Phi) is 4.90. The third kappa shape index (κ3) is 3.75. The van der Waals surface area contributed by atoms with Crippen LogP contribution in [0.25, 0.3) is 0 Å². The van der Waals surface area contributed by atoms with Crippen molar-refractivity contribution in [2.24, 2.45) is 0 Å². The molecule has 0 fully saturated rings. The van der Waals surface area contributed by atoms with Gasteiger partial charge in [-0.05, 0) is 24.3 Å². The lowest BCUT2D eigenvalue weighted by atomic mass is 10.2. The Hall–Kier alpha value is -1.66. The van der Waals surface area contributed by atoms with Crippen LogP contribution >= 0.6 is 27.7 Å². The molecule has 0 unspecified atom stereocenters. The first-order valence-corrected chi connectivity index (χ1v) is 8.42. The zero-order chi connectivity index (χ0) is 15.4. The van der Waals surface area contributed by atoms with E-state index in [-0.39, 0.29) is 25.1 Å². The largest absolute Gasteiger partial charge is 0.460 e. The summed E-state index contributed by atoms with van der Waals surface area (Å²) >= 11 is 4.90. The van der Waals surface area contributed by atoms with Crippen LogP contribution in [0.2, 0.25) is 0 Å². The summed E-state index contributed by atoms with van der Waals surface area (Å²) in [7, 11) is 0. The zero-order valence-electron chi connectivity index (χ0n) is 11.6. The molecule has 6 heteroatoms. The van der Waals surface area contributed by atoms with Crippen LogP contribution in [0.1, 0.15) is 5.56 Å². The Morgan fingerprint density at radius 3 is 2.68 bits per heavy atom. The highest BCUT2D eigenvalue weighted by atomic mass is 79.9. The van der Waals surface area contributed by atoms with Crippen LogP contribution in [0, 0.1) is 0 Å². The van der Waals surface area contributed by atoms with Gasteiger partial charge in [-0.15, -0.1) is 11.8 Å². The summed E-state index contributed by atoms with van der Waals surface area (Å²) in [5.74, 6) is 1.40. The van der Waals surface area contributed by atoms with Gasteiger partial charge >= 0.3 is 5.97 Å². The van der Waals surface area contributed by atoms with E-state index in [9.17, 15) is 4.79 Å². The van der Waals surface area contributed by atoms with E-state index in [4.69, 9.17) is 14.2 Å². The smallest absolute Gasteiger partial charge is 0.316 e. The van der Waals surface area contributed by atoms with Crippen molar-refractivity contribution in [3.63, 3.8) is 0 Å². The Bertz CT molecular complexity index is 675. The van der Waals surface area contributed by atoms with Crippen molar-refractivity contribution in [3.05, 3.63) is 52.5 Å². The molecular weight excluding hydrogens is 368 g/mol. The monoisotopic (exact) mass is 380 g/mol. The fraction of sp³-hybridized carbons (Fsp3) is 0.188. The molecule has 1 heterocycles. The van der Waals surface area contributed by atoms with Crippen LogP contribution in [-0.4, -0.2) is 18.5 Å². The maximum atomic E-state index is 11.8. The second-order valence-corrected chi connectivity index (χ2v) is 6.46. The number of esters is 1. The normalized spacial score (nSPS) is 12.2. The van der Waals surface area contributed by atoms with Crippen LogP contribution < -0.4 is 9.47 Å². The number of carbonyl (C=O) groups excluding carboxylic acids is 1. The predicted octanol–water partition coefficient (Wildman–Crippen LogP) is 4.01. The predicted molar refractivity (Wildman–Crippen MR) is 87.2 cm³/mol. The standard InChI is InChI=1S/C16H13BrO4S/c17-13-7-15-14(20-10-21-15)6-11(13)8-19-16(18)9-22-12-4-2-1-3-5-12/h1-7H,8-10H2. The molecule has 1 aliphatic rings. The van der Waals surface area contributed by atoms with Crippen LogP contribution in [0.15, 0.2) is 51.8 Å². The second-order valence-electron chi connectivity index (χ2n) is 4.56. The van der Waals surface area contributed by atoms with E-state index in [1.54, 1.807) is 0 Å². The highest BCUT2D eigenvalue weighted by Gasteiger charge is 2.17. The molecule has 4 nitrogen and oxygen atoms in total. The number of hydrogen-bond donors (Lipinski definition) is 0. The van der Waals surface area contributed by atoms with Gasteiger partial charge in [-0.1, -0.05) is 34.1 Å². The minimum atomic E-state index is -0.251. The van der Waals surface area contributed by atoms with Gasteiger partial charge in [0.1, 0.15) is 6.61 Å². The molecule has 0 aliphatic carbocycles. The molecule has 2 aromatic carbocycles. The van der Waals surface area contributed by atoms with Gasteiger partial charge in [-0.3, -0.25) is 4.79 Å². The van der Waals surface area contributed by atoms with Crippen LogP contribution in [0.4, 0.5) is 0 Å². The SMILES string of the molecule is O=C(CSc1ccccc1)OCc1cc2c(cc1Br)OCO2. The molecule has 2 aromatic rings. The second kappa shape index (κ2) is 7.07. The van der Waals surface area contributed by atoms with E-state index in [1.807, 2.05) is 42.5 Å². The average Bonchev–Trinajstić information content (AvgIpc) is 2.98. The number of benzene rings is 2. The van der Waals surface area contributed by atoms with Gasteiger partial charge in [-0.25, -0.2) is 0 Å². The minimum Gasteiger partial charge on any atom is -0.460 e. The molecular formula is C16H13BrO4S. The Morgan fingerprint density at radius 1 is 1.18 bits per heavy atom. The van der Waals surface area contributed by atoms with Crippen molar-refractivity contribution in [2.45, 2.75) is 11.5 Å². The Balaban J connectivity index is 1.53. The quantitative estimate of drug-likeness (QED) is 0.579. The molecule has 0 radical (unpaired) electrons. The fourth-order valence-electron chi connectivity index (χ4n) is 1.93. The fourth-order valence-corrected chi connectivity index (χ4v) is 3.08. The third-order valence-corrected chi connectivity index (χ3v) is 4.75. The highest BCUT2D eigenvalue weighted by Crippen LogP contribution is 2.37. The summed E-state index contributed by atoms with van der Waals surface area (Å²) in [6, 6.07) is 13.4. The van der Waals surface area contributed by atoms with Gasteiger partial charge in [-0.2, -0.15) is 0 Å². The lowest BCUT2D eigenvalue weighted by Gasteiger charge is -2.08. The first-order valence-electron chi connectivity index (χ1n) is 6.64. The molecule has 0 aromatic heterocycles. The Morgan fingerprint density at radius 2 is 1.91 bits per heavy atom. The maximum Gasteiger partial charge on any atom is 0.316 e. The number of fused-ring (bicyclic) bond motifs is 1. The third-order valence-electron chi connectivity index (χ3n) is 3.03. The molecule has 0 saturated carbocycles. The summed E-state index contributed by atoms with van der Waals surface area (Å²) < 4.78 is 16.7. The van der Waals surface area contributed by atoms with Crippen molar-refractivity contribution >= 4 is 33.7 Å². The summed E-state index contributed by atoms with van der Waals surface area (Å²) in [4.78, 5) is 12.9. The zero-order valence-corrected chi connectivity index (χ0v) is 14.0. The van der Waals surface area contributed by atoms with Gasteiger partial charge in [0.15, 0.2) is 11.5 Å². The molecule has 0 N–H and O–H groups in total. The molecule has 0 saturated heterocycles. The van der Waals surface area contributed by atoms with Gasteiger partial charge in [0.05, 0.1) is 5.75 Å². The van der Waals surface area contributed by atoms with Gasteiger partial charge < -0.3 is 14.2 Å². The number of halogens is 1. The van der Waals surface area contributed by atoms with Crippen LogP contribution in [0.5, 0.6) is 11.5 Å². The molecule has 0 amide bonds. The minimum absolute atomic E-state index is 0.200. The topological polar surface area (TPSA) is 44.8 Å². The van der Waals surface area contributed by atoms with Crippen LogP contribution in [-0.2, 0) is 16.1 Å². The van der Waals surface area contributed by atoms with Crippen LogP contribution in [0.3, 0.4) is 0 Å². The molecule has 0 spiro atoms. The van der Waals surface area contributed by atoms with E-state index in [0.717, 1.165) is 14.9 Å². The molecule has 0 atom stereocenters. The van der Waals surface area contributed by atoms with E-state index in [0.29, 0.717) is 11.5 Å². The number of carbonyl (C=O) groups is 1. The highest BCUT2D eigenvalue weighted by molar-refractivity contribution is 9.10. The molecule has 0 bridgehead atoms. The summed E-state index contributed by atoms with van der Waals surface area (Å²) in [5.41, 5.74) is 0.849. The van der Waals surface area contributed by atoms with E-state index in [2.05, 4.69) is 15.9 Å². The summed E-state index contributed by atoms with van der Waals surface area (Å²) in [6.07, 6.45) is 0. The number of thioether (sulfide) groups is 1. The van der Waals surface area contributed by atoms with Gasteiger partial charge in [0.25, 0.3) is 0 Å². The number of hydrogen-bond acceptors (Lipinski definition) is 5. The first-order chi connectivity index (χ1) is 10.7. The first kappa shape index (κ1) is 15.2. The van der Waals surface area contributed by atoms with Crippen molar-refractivity contribution in [1.82, 2.24) is 0 Å². The maximum absolute atomic E-state index is 11.8. The van der Waals surface area contributed by atoms with Gasteiger partial charge in [0, 0.05) is 14.9 Å². The van der Waals surface area contributed by atoms with Crippen molar-refractivity contribution in [3.8, 4) is 11.5 Å². The van der Waals surface area contributed by atoms with Crippen molar-refractivity contribution in [2.75, 3.05) is 12.5 Å². The molecule has 114 valence electrons. The average molecular weight is 381 g/mol. The summed E-state index contributed by atoms with van der Waals surface area (Å²) in [6.45, 7) is 0.421. The van der Waals surface area contributed by atoms with E-state index in [1.165, 1.54) is 11.8 Å². The van der Waals surface area contributed by atoms with Crippen molar-refractivity contribution in [1.29, 1.82) is 0 Å². The molecule has 22 heavy (non-hydrogen) atoms. The molecule has 1 aliphatic heterocycles. The lowest BCUT2D eigenvalue weighted by molar-refractivity contribution is -0.141.